The smallest absolute Gasteiger partial charge is 0.0634 e. The number of hydrogen-bond donors (Lipinski definition) is 1. The van der Waals surface area contributed by atoms with Gasteiger partial charge in [-0.15, -0.1) is 11.8 Å². The van der Waals surface area contributed by atoms with Crippen molar-refractivity contribution in [2.45, 2.75) is 62.9 Å². The molecule has 0 aliphatic carbocycles. The van der Waals surface area contributed by atoms with Crippen LogP contribution in [0.1, 0.15) is 51.9 Å². The molecule has 0 amide bonds. The van der Waals surface area contributed by atoms with Crippen LogP contribution >= 0.6 is 27.7 Å². The van der Waals surface area contributed by atoms with Crippen molar-refractivity contribution in [3.8, 4) is 0 Å². The van der Waals surface area contributed by atoms with E-state index in [0.717, 1.165) is 23.1 Å². The fraction of sp³-hybridized carbons (Fsp3) is 0.625. The Labute approximate surface area is 130 Å². The molecule has 0 radical (unpaired) electrons. The Bertz CT molecular complexity index is 326. The summed E-state index contributed by atoms with van der Waals surface area (Å²) in [4.78, 5) is 1.23. The van der Waals surface area contributed by atoms with Crippen LogP contribution in [0.15, 0.2) is 33.6 Å². The Morgan fingerprint density at radius 1 is 1.05 bits per heavy atom. The van der Waals surface area contributed by atoms with Crippen molar-refractivity contribution < 1.29 is 5.11 Å². The highest BCUT2D eigenvalue weighted by atomic mass is 79.9. The Kier molecular flexibility index (Phi) is 9.66. The minimum Gasteiger partial charge on any atom is -0.392 e. The minimum absolute atomic E-state index is 0.167. The fourth-order valence-electron chi connectivity index (χ4n) is 1.97. The summed E-state index contributed by atoms with van der Waals surface area (Å²) in [5.74, 6) is 0.802. The second kappa shape index (κ2) is 10.8. The molecule has 1 aromatic rings. The SMILES string of the molecule is CCCCCCCCC(O)CSc1ccc(Br)cc1. The molecule has 0 saturated carbocycles. The van der Waals surface area contributed by atoms with Gasteiger partial charge in [0.25, 0.3) is 0 Å². The molecular weight excluding hydrogens is 320 g/mol. The summed E-state index contributed by atoms with van der Waals surface area (Å²) >= 11 is 5.17. The Balaban J connectivity index is 2.04. The molecule has 1 nitrogen and oxygen atoms in total. The van der Waals surface area contributed by atoms with Crippen molar-refractivity contribution in [1.82, 2.24) is 0 Å². The normalized spacial score (nSPS) is 12.6. The van der Waals surface area contributed by atoms with Crippen molar-refractivity contribution in [2.75, 3.05) is 5.75 Å². The molecule has 0 saturated heterocycles. The maximum Gasteiger partial charge on any atom is 0.0634 e. The molecule has 1 unspecified atom stereocenters. The first kappa shape index (κ1) is 17.1. The Hall–Kier alpha value is 0.01000. The Morgan fingerprint density at radius 2 is 1.68 bits per heavy atom. The van der Waals surface area contributed by atoms with Gasteiger partial charge in [-0.25, -0.2) is 0 Å². The van der Waals surface area contributed by atoms with Gasteiger partial charge in [-0.1, -0.05) is 61.4 Å². The first-order chi connectivity index (χ1) is 9.22. The van der Waals surface area contributed by atoms with Crippen LogP contribution in [0.25, 0.3) is 0 Å². The zero-order valence-corrected chi connectivity index (χ0v) is 14.2. The summed E-state index contributed by atoms with van der Waals surface area (Å²) in [6, 6.07) is 8.27. The van der Waals surface area contributed by atoms with E-state index >= 15 is 0 Å². The van der Waals surface area contributed by atoms with Crippen LogP contribution in [-0.4, -0.2) is 17.0 Å². The van der Waals surface area contributed by atoms with Crippen LogP contribution in [0, 0.1) is 0 Å². The van der Waals surface area contributed by atoms with Crippen molar-refractivity contribution >= 4 is 27.7 Å². The standard InChI is InChI=1S/C16H25BrOS/c1-2-3-4-5-6-7-8-15(18)13-19-16-11-9-14(17)10-12-16/h9-12,15,18H,2-8,13H2,1H3. The lowest BCUT2D eigenvalue weighted by Crippen LogP contribution is -2.09. The number of hydrogen-bond acceptors (Lipinski definition) is 2. The summed E-state index contributed by atoms with van der Waals surface area (Å²) in [5, 5.41) is 9.94. The second-order valence-electron chi connectivity index (χ2n) is 4.98. The minimum atomic E-state index is -0.167. The zero-order chi connectivity index (χ0) is 13.9. The number of benzene rings is 1. The van der Waals surface area contributed by atoms with Gasteiger partial charge in [0.2, 0.25) is 0 Å². The fourth-order valence-corrected chi connectivity index (χ4v) is 3.11. The lowest BCUT2D eigenvalue weighted by atomic mass is 10.1. The average molecular weight is 345 g/mol. The van der Waals surface area contributed by atoms with E-state index < -0.39 is 0 Å². The monoisotopic (exact) mass is 344 g/mol. The van der Waals surface area contributed by atoms with E-state index in [1.807, 2.05) is 12.1 Å². The quantitative estimate of drug-likeness (QED) is 0.437. The molecule has 1 rings (SSSR count). The van der Waals surface area contributed by atoms with Crippen molar-refractivity contribution in [1.29, 1.82) is 0 Å². The van der Waals surface area contributed by atoms with E-state index in [1.54, 1.807) is 11.8 Å². The van der Waals surface area contributed by atoms with Crippen LogP contribution in [0.4, 0.5) is 0 Å². The van der Waals surface area contributed by atoms with Crippen LogP contribution in [-0.2, 0) is 0 Å². The number of thioether (sulfide) groups is 1. The van der Waals surface area contributed by atoms with Gasteiger partial charge in [0.15, 0.2) is 0 Å². The maximum atomic E-state index is 9.94. The van der Waals surface area contributed by atoms with Gasteiger partial charge in [0, 0.05) is 15.1 Å². The van der Waals surface area contributed by atoms with Gasteiger partial charge < -0.3 is 5.11 Å². The van der Waals surface area contributed by atoms with Crippen molar-refractivity contribution in [3.63, 3.8) is 0 Å². The number of aliphatic hydroxyl groups excluding tert-OH is 1. The van der Waals surface area contributed by atoms with Crippen LogP contribution in [0.5, 0.6) is 0 Å². The molecule has 0 aliphatic heterocycles. The van der Waals surface area contributed by atoms with Gasteiger partial charge in [0.05, 0.1) is 6.10 Å². The van der Waals surface area contributed by atoms with Crippen LogP contribution in [0.2, 0.25) is 0 Å². The number of aliphatic hydroxyl groups is 1. The highest BCUT2D eigenvalue weighted by Crippen LogP contribution is 2.22. The van der Waals surface area contributed by atoms with E-state index in [0.29, 0.717) is 0 Å². The first-order valence-corrected chi connectivity index (χ1v) is 9.06. The number of unbranched alkanes of at least 4 members (excludes halogenated alkanes) is 5. The lowest BCUT2D eigenvalue weighted by molar-refractivity contribution is 0.185. The van der Waals surface area contributed by atoms with E-state index in [4.69, 9.17) is 0 Å². The van der Waals surface area contributed by atoms with Gasteiger partial charge >= 0.3 is 0 Å². The largest absolute Gasteiger partial charge is 0.392 e. The van der Waals surface area contributed by atoms with E-state index in [9.17, 15) is 5.11 Å². The van der Waals surface area contributed by atoms with E-state index in [2.05, 4.69) is 35.0 Å². The highest BCUT2D eigenvalue weighted by molar-refractivity contribution is 9.10. The molecule has 1 N–H and O–H groups in total. The molecule has 0 spiro atoms. The van der Waals surface area contributed by atoms with Crippen LogP contribution in [0.3, 0.4) is 0 Å². The summed E-state index contributed by atoms with van der Waals surface area (Å²) in [5.41, 5.74) is 0. The summed E-state index contributed by atoms with van der Waals surface area (Å²) < 4.78 is 1.10. The predicted octanol–water partition coefficient (Wildman–Crippen LogP) is 5.65. The third-order valence-corrected chi connectivity index (χ3v) is 4.83. The van der Waals surface area contributed by atoms with Gasteiger partial charge in [-0.2, -0.15) is 0 Å². The Morgan fingerprint density at radius 3 is 2.37 bits per heavy atom. The molecule has 0 aromatic heterocycles. The number of rotatable bonds is 10. The van der Waals surface area contributed by atoms with Crippen molar-refractivity contribution in [2.24, 2.45) is 0 Å². The molecule has 0 heterocycles. The first-order valence-electron chi connectivity index (χ1n) is 7.28. The van der Waals surface area contributed by atoms with E-state index in [1.165, 1.54) is 37.0 Å². The molecule has 0 aliphatic rings. The zero-order valence-electron chi connectivity index (χ0n) is 11.8. The average Bonchev–Trinajstić information content (AvgIpc) is 2.42. The predicted molar refractivity (Wildman–Crippen MR) is 88.9 cm³/mol. The molecule has 0 bridgehead atoms. The van der Waals surface area contributed by atoms with Crippen LogP contribution < -0.4 is 0 Å². The van der Waals surface area contributed by atoms with Crippen molar-refractivity contribution in [3.05, 3.63) is 28.7 Å². The molecule has 1 aromatic carbocycles. The molecular formula is C16H25BrOS. The van der Waals surface area contributed by atoms with Gasteiger partial charge in [-0.05, 0) is 30.7 Å². The van der Waals surface area contributed by atoms with E-state index in [-0.39, 0.29) is 6.10 Å². The molecule has 0 fully saturated rings. The highest BCUT2D eigenvalue weighted by Gasteiger charge is 2.05. The van der Waals surface area contributed by atoms with Gasteiger partial charge in [-0.3, -0.25) is 0 Å². The molecule has 19 heavy (non-hydrogen) atoms. The summed E-state index contributed by atoms with van der Waals surface area (Å²) in [6.45, 7) is 2.24. The summed E-state index contributed by atoms with van der Waals surface area (Å²) in [6.07, 6.45) is 8.51. The maximum absolute atomic E-state index is 9.94. The molecule has 108 valence electrons. The second-order valence-corrected chi connectivity index (χ2v) is 6.98. The number of halogens is 1. The van der Waals surface area contributed by atoms with Gasteiger partial charge in [0.1, 0.15) is 0 Å². The molecule has 3 heteroatoms. The third kappa shape index (κ3) is 8.72. The third-order valence-electron chi connectivity index (χ3n) is 3.15. The lowest BCUT2D eigenvalue weighted by Gasteiger charge is -2.10. The summed E-state index contributed by atoms with van der Waals surface area (Å²) in [7, 11) is 0. The molecule has 1 atom stereocenters. The topological polar surface area (TPSA) is 20.2 Å².